The van der Waals surface area contributed by atoms with Crippen molar-refractivity contribution in [3.05, 3.63) is 142 Å². The molecule has 9 N–H and O–H groups in total. The SMILES string of the molecule is Cc1ccncc1-c1cc2cc(NC(=O)C3CC3C#N)ncc2c(N)c1Cl.Cc1ccncc1-c1cc2cc(NC(=O)[C@@H]3C[C@H]3C#N)ncc2c(N)c1Cl.Cc1ccncc1-c1cc2cc(NC(=O)[C@H]3C[C@@H]3C#N)ncc2c(N)c1Cl. The minimum atomic E-state index is -0.253. The number of rotatable bonds is 9. The van der Waals surface area contributed by atoms with Crippen molar-refractivity contribution in [3.63, 3.8) is 0 Å². The van der Waals surface area contributed by atoms with Crippen molar-refractivity contribution in [3.8, 4) is 51.6 Å². The van der Waals surface area contributed by atoms with Crippen molar-refractivity contribution in [1.82, 2.24) is 29.9 Å². The smallest absolute Gasteiger partial charge is 0.230 e. The Morgan fingerprint density at radius 3 is 0.963 bits per heavy atom. The van der Waals surface area contributed by atoms with Crippen LogP contribution in [0.15, 0.2) is 110 Å². The zero-order valence-corrected chi connectivity index (χ0v) is 45.9. The quantitative estimate of drug-likeness (QED) is 0.0732. The molecule has 12 rings (SSSR count). The summed E-state index contributed by atoms with van der Waals surface area (Å²) < 4.78 is 0. The number of nitrogen functional groups attached to an aromatic ring is 3. The molecule has 3 saturated carbocycles. The van der Waals surface area contributed by atoms with E-state index in [2.05, 4.69) is 64.1 Å². The molecule has 6 aromatic heterocycles. The number of nitrogens with zero attached hydrogens (tertiary/aromatic N) is 9. The van der Waals surface area contributed by atoms with Crippen molar-refractivity contribution in [2.24, 2.45) is 35.5 Å². The number of carbonyl (C=O) groups is 3. The fourth-order valence-corrected chi connectivity index (χ4v) is 10.2. The van der Waals surface area contributed by atoms with Gasteiger partial charge in [-0.1, -0.05) is 34.8 Å². The first kappa shape index (κ1) is 54.8. The van der Waals surface area contributed by atoms with Crippen LogP contribution in [0.5, 0.6) is 0 Å². The van der Waals surface area contributed by atoms with Gasteiger partial charge in [-0.2, -0.15) is 15.8 Å². The van der Waals surface area contributed by atoms with E-state index in [0.29, 0.717) is 85.0 Å². The molecule has 0 saturated heterocycles. The molecule has 402 valence electrons. The Balaban J connectivity index is 0.000000136. The Hall–Kier alpha value is -9.51. The molecule has 9 aromatic rings. The van der Waals surface area contributed by atoms with Gasteiger partial charge in [0.1, 0.15) is 17.5 Å². The minimum Gasteiger partial charge on any atom is -0.397 e. The molecule has 3 aromatic carbocycles. The van der Waals surface area contributed by atoms with E-state index in [1.54, 1.807) is 74.0 Å². The van der Waals surface area contributed by atoms with Crippen LogP contribution in [0.3, 0.4) is 0 Å². The van der Waals surface area contributed by atoms with Gasteiger partial charge in [-0.15, -0.1) is 0 Å². The standard InChI is InChI=1S/3C20H16ClN5O/c3*1-10-2-3-24-8-15(10)14-4-11-6-17(25-9-16(11)19(23)18(14)21)26-20(27)13-5-12(13)7-22/h3*2-4,6,8-9,12-13H,5,23H2,1H3,(H,25,26,27)/t2*12-,13+;/m10./s1. The topological polar surface area (TPSA) is 314 Å². The lowest BCUT2D eigenvalue weighted by atomic mass is 9.99. The highest BCUT2D eigenvalue weighted by molar-refractivity contribution is 6.39. The lowest BCUT2D eigenvalue weighted by molar-refractivity contribution is -0.118. The lowest BCUT2D eigenvalue weighted by Crippen LogP contribution is -2.15. The van der Waals surface area contributed by atoms with E-state index in [-0.39, 0.29) is 53.2 Å². The van der Waals surface area contributed by atoms with E-state index in [4.69, 9.17) is 67.8 Å². The van der Waals surface area contributed by atoms with Gasteiger partial charge in [0.25, 0.3) is 0 Å². The third-order valence-corrected chi connectivity index (χ3v) is 15.8. The Labute approximate surface area is 479 Å². The number of benzene rings is 3. The number of nitriles is 3. The van der Waals surface area contributed by atoms with Gasteiger partial charge in [0.05, 0.1) is 85.8 Å². The number of aryl methyl sites for hydroxylation is 3. The third-order valence-electron chi connectivity index (χ3n) is 14.6. The summed E-state index contributed by atoms with van der Waals surface area (Å²) in [7, 11) is 0. The first-order valence-electron chi connectivity index (χ1n) is 25.5. The fourth-order valence-electron chi connectivity index (χ4n) is 9.46. The van der Waals surface area contributed by atoms with Gasteiger partial charge < -0.3 is 33.2 Å². The molecular weight excluding hydrogens is 1090 g/mol. The lowest BCUT2D eigenvalue weighted by Gasteiger charge is -2.13. The Kier molecular flexibility index (Phi) is 15.4. The van der Waals surface area contributed by atoms with Crippen LogP contribution in [0.1, 0.15) is 36.0 Å². The highest BCUT2D eigenvalue weighted by atomic mass is 35.5. The average Bonchev–Trinajstić information content (AvgIpc) is 4.49. The van der Waals surface area contributed by atoms with Gasteiger partial charge in [0.2, 0.25) is 17.7 Å². The summed E-state index contributed by atoms with van der Waals surface area (Å²) >= 11 is 19.5. The largest absolute Gasteiger partial charge is 0.397 e. The number of pyridine rings is 6. The van der Waals surface area contributed by atoms with Crippen molar-refractivity contribution < 1.29 is 14.4 Å². The molecule has 0 radical (unpaired) electrons. The fraction of sp³-hybridized carbons (Fsp3) is 0.200. The molecule has 3 aliphatic rings. The number of amides is 3. The van der Waals surface area contributed by atoms with E-state index in [0.717, 1.165) is 66.2 Å². The van der Waals surface area contributed by atoms with E-state index in [1.807, 2.05) is 57.2 Å². The summed E-state index contributed by atoms with van der Waals surface area (Å²) in [6.07, 6.45) is 17.0. The highest BCUT2D eigenvalue weighted by Crippen LogP contribution is 2.44. The molecule has 3 aliphatic carbocycles. The molecule has 0 bridgehead atoms. The summed E-state index contributed by atoms with van der Waals surface area (Å²) in [4.78, 5) is 61.9. The van der Waals surface area contributed by atoms with Crippen LogP contribution in [0.25, 0.3) is 65.7 Å². The van der Waals surface area contributed by atoms with Crippen LogP contribution in [-0.2, 0) is 14.4 Å². The van der Waals surface area contributed by atoms with Gasteiger partial charge in [-0.25, -0.2) is 15.0 Å². The number of carbonyl (C=O) groups excluding carboxylic acids is 3. The Bertz CT molecular complexity index is 3790. The first-order valence-corrected chi connectivity index (χ1v) is 26.6. The van der Waals surface area contributed by atoms with Crippen molar-refractivity contribution in [2.75, 3.05) is 33.2 Å². The summed E-state index contributed by atoms with van der Waals surface area (Å²) in [5.41, 5.74) is 28.1. The minimum absolute atomic E-state index is 0.182. The second-order valence-electron chi connectivity index (χ2n) is 20.1. The molecular formula is C60H48Cl3N15O3. The van der Waals surface area contributed by atoms with E-state index >= 15 is 0 Å². The maximum atomic E-state index is 12.2. The van der Waals surface area contributed by atoms with Gasteiger partial charge in [-0.05, 0) is 127 Å². The molecule has 3 amide bonds. The normalized spacial score (nSPS) is 18.1. The number of nitrogens with two attached hydrogens (primary N) is 3. The molecule has 18 nitrogen and oxygen atoms in total. The van der Waals surface area contributed by atoms with E-state index in [9.17, 15) is 14.4 Å². The molecule has 3 fully saturated rings. The molecule has 0 aliphatic heterocycles. The third kappa shape index (κ3) is 11.4. The van der Waals surface area contributed by atoms with Crippen molar-refractivity contribution in [1.29, 1.82) is 15.8 Å². The monoisotopic (exact) mass is 1130 g/mol. The molecule has 2 unspecified atom stereocenters. The second-order valence-corrected chi connectivity index (χ2v) is 21.2. The number of nitrogens with one attached hydrogen (secondary N) is 3. The zero-order chi connectivity index (χ0) is 57.4. The summed E-state index contributed by atoms with van der Waals surface area (Å²) in [6, 6.07) is 23.1. The number of anilines is 6. The predicted octanol–water partition coefficient (Wildman–Crippen LogP) is 11.8. The van der Waals surface area contributed by atoms with Crippen LogP contribution in [-0.4, -0.2) is 47.6 Å². The van der Waals surface area contributed by atoms with E-state index in [1.165, 1.54) is 0 Å². The van der Waals surface area contributed by atoms with Crippen LogP contribution < -0.4 is 33.2 Å². The molecule has 81 heavy (non-hydrogen) atoms. The van der Waals surface area contributed by atoms with Gasteiger partial charge in [0, 0.05) is 105 Å². The van der Waals surface area contributed by atoms with Crippen LogP contribution in [0.2, 0.25) is 15.1 Å². The van der Waals surface area contributed by atoms with Gasteiger partial charge in [-0.3, -0.25) is 29.3 Å². The molecule has 6 atom stereocenters. The number of halogens is 3. The summed E-state index contributed by atoms with van der Waals surface area (Å²) in [5.74, 6) is -0.620. The molecule has 6 heterocycles. The second kappa shape index (κ2) is 22.7. The zero-order valence-electron chi connectivity index (χ0n) is 43.6. The first-order chi connectivity index (χ1) is 39.0. The predicted molar refractivity (Wildman–Crippen MR) is 315 cm³/mol. The summed E-state index contributed by atoms with van der Waals surface area (Å²) in [6.45, 7) is 5.94. The van der Waals surface area contributed by atoms with Crippen molar-refractivity contribution >= 4 is 119 Å². The van der Waals surface area contributed by atoms with E-state index < -0.39 is 0 Å². The van der Waals surface area contributed by atoms with Crippen LogP contribution in [0.4, 0.5) is 34.5 Å². The van der Waals surface area contributed by atoms with Gasteiger partial charge >= 0.3 is 0 Å². The molecule has 21 heteroatoms. The average molecular weight is 1130 g/mol. The number of fused-ring (bicyclic) bond motifs is 3. The highest BCUT2D eigenvalue weighted by Gasteiger charge is 2.45. The Morgan fingerprint density at radius 2 is 0.728 bits per heavy atom. The van der Waals surface area contributed by atoms with Crippen LogP contribution >= 0.6 is 34.8 Å². The number of aromatic nitrogens is 6. The van der Waals surface area contributed by atoms with Crippen molar-refractivity contribution in [2.45, 2.75) is 40.0 Å². The molecule has 0 spiro atoms. The summed E-state index contributed by atoms with van der Waals surface area (Å²) in [5, 5.41) is 40.9. The maximum Gasteiger partial charge on any atom is 0.230 e. The van der Waals surface area contributed by atoms with Gasteiger partial charge in [0.15, 0.2) is 0 Å². The maximum absolute atomic E-state index is 12.2. The number of hydrogen-bond donors (Lipinski definition) is 6. The van der Waals surface area contributed by atoms with Crippen LogP contribution in [0, 0.1) is 90.3 Å². The Morgan fingerprint density at radius 1 is 0.457 bits per heavy atom. The number of hydrogen-bond acceptors (Lipinski definition) is 15.